The maximum absolute atomic E-state index is 12.0. The van der Waals surface area contributed by atoms with E-state index in [0.29, 0.717) is 50.9 Å². The number of aromatic nitrogens is 4. The number of anilines is 2. The molecule has 0 saturated carbocycles. The van der Waals surface area contributed by atoms with Crippen molar-refractivity contribution in [1.29, 1.82) is 0 Å². The largest absolute Gasteiger partial charge is 0.493 e. The van der Waals surface area contributed by atoms with Gasteiger partial charge in [0.1, 0.15) is 0 Å². The summed E-state index contributed by atoms with van der Waals surface area (Å²) >= 11 is 6.66. The molecule has 2 heterocycles. The van der Waals surface area contributed by atoms with Crippen molar-refractivity contribution in [3.8, 4) is 28.7 Å². The van der Waals surface area contributed by atoms with Gasteiger partial charge in [-0.1, -0.05) is 23.7 Å². The van der Waals surface area contributed by atoms with Gasteiger partial charge in [0.05, 0.1) is 24.0 Å². The smallest absolute Gasteiger partial charge is 0.258 e. The van der Waals surface area contributed by atoms with Gasteiger partial charge < -0.3 is 25.9 Å². The van der Waals surface area contributed by atoms with E-state index in [2.05, 4.69) is 20.7 Å². The van der Waals surface area contributed by atoms with Crippen molar-refractivity contribution in [2.75, 3.05) is 19.0 Å². The van der Waals surface area contributed by atoms with E-state index in [1.165, 1.54) is 13.3 Å². The number of hydrazone groups is 1. The zero-order chi connectivity index (χ0) is 27.9. The van der Waals surface area contributed by atoms with Gasteiger partial charge in [0.2, 0.25) is 5.95 Å². The third-order valence-corrected chi connectivity index (χ3v) is 5.96. The van der Waals surface area contributed by atoms with Crippen molar-refractivity contribution in [2.24, 2.45) is 10.9 Å². The van der Waals surface area contributed by atoms with Crippen LogP contribution in [0.4, 0.5) is 11.6 Å². The molecule has 0 radical (unpaired) electrons. The maximum Gasteiger partial charge on any atom is 0.258 e. The molecule has 0 aliphatic heterocycles. The number of nitrogens with zero attached hydrogens (tertiary/aromatic N) is 5. The van der Waals surface area contributed by atoms with E-state index in [1.54, 1.807) is 29.1 Å². The topological polar surface area (TPSA) is 142 Å². The average Bonchev–Trinajstić information content (AvgIpc) is 3.35. The molecule has 0 unspecified atom stereocenters. The first kappa shape index (κ1) is 27.4. The lowest BCUT2D eigenvalue weighted by Crippen LogP contribution is -2.34. The van der Waals surface area contributed by atoms with Crippen molar-refractivity contribution in [1.82, 2.24) is 25.1 Å². The molecule has 4 aromatic rings. The van der Waals surface area contributed by atoms with Crippen LogP contribution in [0, 0.1) is 6.92 Å². The minimum atomic E-state index is -0.224. The summed E-state index contributed by atoms with van der Waals surface area (Å²) in [7, 11) is 1.52. The fraction of sp³-hybridized carbons (Fsp3) is 0.222. The SMILES string of the molecule is COc1cc(-c2nc(Nc3ccc(C)c(/C=N\N)c3Cl)n(-c3ccccn3)n2)ccc1OCC(=O)NC(C)C. The van der Waals surface area contributed by atoms with E-state index in [0.717, 1.165) is 5.56 Å². The zero-order valence-corrected chi connectivity index (χ0v) is 22.7. The van der Waals surface area contributed by atoms with Crippen LogP contribution in [0.15, 0.2) is 59.8 Å². The predicted molar refractivity (Wildman–Crippen MR) is 151 cm³/mol. The van der Waals surface area contributed by atoms with Crippen LogP contribution in [-0.2, 0) is 4.79 Å². The average molecular weight is 549 g/mol. The minimum absolute atomic E-state index is 0.0173. The Kier molecular flexibility index (Phi) is 8.62. The van der Waals surface area contributed by atoms with Gasteiger partial charge in [-0.25, -0.2) is 4.98 Å². The Hall–Kier alpha value is -4.64. The molecule has 2 aromatic heterocycles. The Morgan fingerprint density at radius 2 is 2.03 bits per heavy atom. The van der Waals surface area contributed by atoms with Crippen molar-refractivity contribution >= 4 is 35.4 Å². The van der Waals surface area contributed by atoms with Crippen LogP contribution >= 0.6 is 11.6 Å². The summed E-state index contributed by atoms with van der Waals surface area (Å²) < 4.78 is 12.8. The fourth-order valence-electron chi connectivity index (χ4n) is 3.73. The number of hydrogen-bond donors (Lipinski definition) is 3. The van der Waals surface area contributed by atoms with Gasteiger partial charge in [0.25, 0.3) is 5.91 Å². The first-order valence-electron chi connectivity index (χ1n) is 12.1. The highest BCUT2D eigenvalue weighted by atomic mass is 35.5. The van der Waals surface area contributed by atoms with Crippen LogP contribution in [0.25, 0.3) is 17.2 Å². The van der Waals surface area contributed by atoms with E-state index in [1.807, 2.05) is 51.1 Å². The first-order valence-corrected chi connectivity index (χ1v) is 12.5. The number of carbonyl (C=O) groups excluding carboxylic acids is 1. The number of amides is 1. The molecule has 39 heavy (non-hydrogen) atoms. The van der Waals surface area contributed by atoms with Crippen LogP contribution in [0.3, 0.4) is 0 Å². The Bertz CT molecular complexity index is 1490. The number of benzene rings is 2. The Labute approximate surface area is 231 Å². The van der Waals surface area contributed by atoms with Crippen LogP contribution < -0.4 is 25.9 Å². The molecule has 0 fully saturated rings. The van der Waals surface area contributed by atoms with Gasteiger partial charge >= 0.3 is 0 Å². The molecule has 4 N–H and O–H groups in total. The number of nitrogens with one attached hydrogen (secondary N) is 2. The van der Waals surface area contributed by atoms with Gasteiger partial charge in [-0.05, 0) is 62.7 Å². The second-order valence-corrected chi connectivity index (χ2v) is 9.17. The van der Waals surface area contributed by atoms with E-state index in [4.69, 9.17) is 37.0 Å². The minimum Gasteiger partial charge on any atom is -0.493 e. The standard InChI is InChI=1S/C27H29ClN8O3/c1-16(2)32-24(37)15-39-21-11-9-18(13-22(21)38-4)26-34-27(36(35-26)23-7-5-6-12-30-23)33-20-10-8-17(3)19(14-31-29)25(20)28/h5-14,16H,15,29H2,1-4H3,(H,32,37)(H,33,34,35)/b31-14-. The molecule has 0 bridgehead atoms. The molecule has 202 valence electrons. The molecule has 2 aromatic carbocycles. The summed E-state index contributed by atoms with van der Waals surface area (Å²) in [4.78, 5) is 21.1. The van der Waals surface area contributed by atoms with Gasteiger partial charge in [-0.3, -0.25) is 4.79 Å². The van der Waals surface area contributed by atoms with Crippen LogP contribution in [0.2, 0.25) is 5.02 Å². The molecule has 12 heteroatoms. The van der Waals surface area contributed by atoms with E-state index in [9.17, 15) is 4.79 Å². The fourth-order valence-corrected chi connectivity index (χ4v) is 4.03. The monoisotopic (exact) mass is 548 g/mol. The second-order valence-electron chi connectivity index (χ2n) is 8.80. The normalized spacial score (nSPS) is 11.1. The third-order valence-electron chi connectivity index (χ3n) is 5.55. The summed E-state index contributed by atoms with van der Waals surface area (Å²) in [6.07, 6.45) is 3.17. The number of pyridine rings is 1. The number of hydrogen-bond acceptors (Lipinski definition) is 9. The summed E-state index contributed by atoms with van der Waals surface area (Å²) in [5, 5.41) is 14.8. The van der Waals surface area contributed by atoms with Gasteiger partial charge in [0.15, 0.2) is 29.7 Å². The van der Waals surface area contributed by atoms with Crippen LogP contribution in [0.5, 0.6) is 11.5 Å². The molecule has 0 spiro atoms. The molecule has 0 aliphatic rings. The molecule has 0 aliphatic carbocycles. The lowest BCUT2D eigenvalue weighted by Gasteiger charge is -2.12. The molecular weight excluding hydrogens is 520 g/mol. The number of aryl methyl sites for hydroxylation is 1. The van der Waals surface area contributed by atoms with E-state index in [-0.39, 0.29) is 18.6 Å². The molecule has 1 amide bonds. The summed E-state index contributed by atoms with van der Waals surface area (Å²) in [6.45, 7) is 5.54. The summed E-state index contributed by atoms with van der Waals surface area (Å²) in [5.41, 5.74) is 2.86. The Balaban J connectivity index is 1.70. The highest BCUT2D eigenvalue weighted by Gasteiger charge is 2.18. The first-order chi connectivity index (χ1) is 18.8. The lowest BCUT2D eigenvalue weighted by atomic mass is 10.1. The molecular formula is C27H29ClN8O3. The summed E-state index contributed by atoms with van der Waals surface area (Å²) in [5.74, 6) is 7.33. The molecule has 0 saturated heterocycles. The summed E-state index contributed by atoms with van der Waals surface area (Å²) in [6, 6.07) is 14.5. The number of rotatable bonds is 10. The number of ether oxygens (including phenoxy) is 2. The van der Waals surface area contributed by atoms with Crippen molar-refractivity contribution in [2.45, 2.75) is 26.8 Å². The van der Waals surface area contributed by atoms with Crippen molar-refractivity contribution in [3.05, 3.63) is 70.9 Å². The number of methoxy groups -OCH3 is 1. The van der Waals surface area contributed by atoms with Gasteiger partial charge in [-0.2, -0.15) is 14.8 Å². The highest BCUT2D eigenvalue weighted by Crippen LogP contribution is 2.34. The Morgan fingerprint density at radius 3 is 2.72 bits per heavy atom. The van der Waals surface area contributed by atoms with Gasteiger partial charge in [-0.15, -0.1) is 5.10 Å². The number of halogens is 1. The number of nitrogens with two attached hydrogens (primary N) is 1. The quantitative estimate of drug-likeness (QED) is 0.152. The molecule has 0 atom stereocenters. The van der Waals surface area contributed by atoms with Crippen LogP contribution in [0.1, 0.15) is 25.0 Å². The predicted octanol–water partition coefficient (Wildman–Crippen LogP) is 4.24. The maximum atomic E-state index is 12.0. The molecule has 4 rings (SSSR count). The third kappa shape index (κ3) is 6.44. The highest BCUT2D eigenvalue weighted by molar-refractivity contribution is 6.36. The number of carbonyl (C=O) groups is 1. The van der Waals surface area contributed by atoms with Gasteiger partial charge in [0, 0.05) is 23.4 Å². The van der Waals surface area contributed by atoms with Crippen molar-refractivity contribution < 1.29 is 14.3 Å². The van der Waals surface area contributed by atoms with Crippen molar-refractivity contribution in [3.63, 3.8) is 0 Å². The zero-order valence-electron chi connectivity index (χ0n) is 22.0. The van der Waals surface area contributed by atoms with Crippen LogP contribution in [-0.4, -0.2) is 51.6 Å². The second kappa shape index (κ2) is 12.3. The Morgan fingerprint density at radius 1 is 1.21 bits per heavy atom. The molecule has 11 nitrogen and oxygen atoms in total. The van der Waals surface area contributed by atoms with E-state index >= 15 is 0 Å². The lowest BCUT2D eigenvalue weighted by molar-refractivity contribution is -0.123. The van der Waals surface area contributed by atoms with E-state index < -0.39 is 0 Å².